The maximum absolute atomic E-state index is 11.5. The van der Waals surface area contributed by atoms with Gasteiger partial charge in [-0.3, -0.25) is 9.36 Å². The van der Waals surface area contributed by atoms with E-state index in [2.05, 4.69) is 0 Å². The minimum absolute atomic E-state index is 2.65. The van der Waals surface area contributed by atoms with Crippen molar-refractivity contribution in [2.24, 2.45) is 0 Å². The molecule has 0 aliphatic carbocycles. The van der Waals surface area contributed by atoms with Crippen LogP contribution < -0.4 is 0 Å². The van der Waals surface area contributed by atoms with Crippen LogP contribution in [-0.2, 0) is 9.36 Å². The fourth-order valence-corrected chi connectivity index (χ4v) is 0.397. The van der Waals surface area contributed by atoms with Crippen LogP contribution in [0.25, 0.3) is 0 Å². The van der Waals surface area contributed by atoms with Crippen molar-refractivity contribution < 1.29 is 27.9 Å². The van der Waals surface area contributed by atoms with Gasteiger partial charge in [-0.25, -0.2) is 4.39 Å². The molecule has 0 fully saturated rings. The lowest BCUT2D eigenvalue weighted by Crippen LogP contribution is -2.09. The second kappa shape index (κ2) is 2.51. The molecule has 4 nitrogen and oxygen atoms in total. The number of carbonyl (C=O) groups is 1. The highest BCUT2D eigenvalue weighted by Crippen LogP contribution is 2.42. The molecule has 0 radical (unpaired) electrons. The third-order valence-electron chi connectivity index (χ3n) is 0.483. The summed E-state index contributed by atoms with van der Waals surface area (Å²) in [5.74, 6) is -3.32. The number of hydrogen-bond donors (Lipinski definition) is 2. The minimum atomic E-state index is -5.20. The number of halogens is 2. The van der Waals surface area contributed by atoms with Gasteiger partial charge in [0, 0.05) is 0 Å². The molecule has 2 N–H and O–H groups in total. The van der Waals surface area contributed by atoms with Crippen molar-refractivity contribution in [2.45, 2.75) is 5.91 Å². The van der Waals surface area contributed by atoms with E-state index >= 15 is 0 Å². The summed E-state index contributed by atoms with van der Waals surface area (Å²) in [5.41, 5.74) is 0. The van der Waals surface area contributed by atoms with Gasteiger partial charge < -0.3 is 9.79 Å². The monoisotopic (exact) mass is 160 g/mol. The molecule has 0 aliphatic heterocycles. The van der Waals surface area contributed by atoms with E-state index in [1.165, 1.54) is 0 Å². The van der Waals surface area contributed by atoms with Crippen LogP contribution in [0.4, 0.5) is 8.78 Å². The van der Waals surface area contributed by atoms with Crippen molar-refractivity contribution in [3.8, 4) is 0 Å². The molecule has 0 aromatic rings. The molecule has 1 unspecified atom stereocenters. The largest absolute Gasteiger partial charge is 0.370 e. The molecule has 0 aromatic heterocycles. The molecule has 7 heteroatoms. The molecule has 0 saturated heterocycles. The highest BCUT2D eigenvalue weighted by atomic mass is 31.2. The standard InChI is InChI=1S/C2H3F2O4P/c3-1(5)2(4)9(6,7)8/h2H,(H2,6,7,8). The molecule has 0 aliphatic rings. The van der Waals surface area contributed by atoms with E-state index in [4.69, 9.17) is 9.79 Å². The normalized spacial score (nSPS) is 15.1. The lowest BCUT2D eigenvalue weighted by molar-refractivity contribution is -0.132. The second-order valence-electron chi connectivity index (χ2n) is 1.23. The zero-order chi connectivity index (χ0) is 7.65. The molecular weight excluding hydrogens is 157 g/mol. The first-order valence-electron chi connectivity index (χ1n) is 1.74. The fourth-order valence-electron chi connectivity index (χ4n) is 0.132. The highest BCUT2D eigenvalue weighted by molar-refractivity contribution is 7.53. The van der Waals surface area contributed by atoms with Gasteiger partial charge in [-0.1, -0.05) is 0 Å². The van der Waals surface area contributed by atoms with E-state index in [0.29, 0.717) is 0 Å². The zero-order valence-electron chi connectivity index (χ0n) is 3.99. The van der Waals surface area contributed by atoms with Gasteiger partial charge in [0.1, 0.15) is 0 Å². The zero-order valence-corrected chi connectivity index (χ0v) is 4.89. The first kappa shape index (κ1) is 8.68. The lowest BCUT2D eigenvalue weighted by Gasteiger charge is -2.01. The summed E-state index contributed by atoms with van der Waals surface area (Å²) in [6, 6.07) is -2.65. The van der Waals surface area contributed by atoms with E-state index in [-0.39, 0.29) is 0 Å². The van der Waals surface area contributed by atoms with Crippen molar-refractivity contribution in [3.05, 3.63) is 0 Å². The summed E-state index contributed by atoms with van der Waals surface area (Å²) >= 11 is 0. The van der Waals surface area contributed by atoms with E-state index < -0.39 is 19.5 Å². The van der Waals surface area contributed by atoms with E-state index in [1.807, 2.05) is 0 Å². The Morgan fingerprint density at radius 2 is 1.89 bits per heavy atom. The van der Waals surface area contributed by atoms with E-state index in [1.54, 1.807) is 0 Å². The molecule has 1 atom stereocenters. The molecule has 0 bridgehead atoms. The van der Waals surface area contributed by atoms with Crippen LogP contribution in [0.3, 0.4) is 0 Å². The number of hydrogen-bond acceptors (Lipinski definition) is 2. The first-order valence-corrected chi connectivity index (χ1v) is 3.42. The van der Waals surface area contributed by atoms with Crippen LogP contribution >= 0.6 is 7.60 Å². The van der Waals surface area contributed by atoms with Crippen LogP contribution in [0.5, 0.6) is 0 Å². The molecule has 54 valence electrons. The summed E-state index contributed by atoms with van der Waals surface area (Å²) in [6.45, 7) is 0. The Morgan fingerprint density at radius 3 is 1.89 bits per heavy atom. The number of carbonyl (C=O) groups excluding carboxylic acids is 1. The molecule has 0 spiro atoms. The van der Waals surface area contributed by atoms with Crippen LogP contribution in [0.2, 0.25) is 0 Å². The Morgan fingerprint density at radius 1 is 1.56 bits per heavy atom. The second-order valence-corrected chi connectivity index (χ2v) is 2.86. The molecule has 0 heterocycles. The molecule has 9 heavy (non-hydrogen) atoms. The Balaban J connectivity index is 4.23. The van der Waals surface area contributed by atoms with Gasteiger partial charge in [0.15, 0.2) is 0 Å². The van der Waals surface area contributed by atoms with Gasteiger partial charge in [0.05, 0.1) is 0 Å². The lowest BCUT2D eigenvalue weighted by atomic mass is 10.8. The van der Waals surface area contributed by atoms with Gasteiger partial charge in [-0.05, 0) is 0 Å². The van der Waals surface area contributed by atoms with Crippen LogP contribution in [0.1, 0.15) is 0 Å². The molecule has 0 rings (SSSR count). The van der Waals surface area contributed by atoms with Crippen LogP contribution in [0.15, 0.2) is 0 Å². The average Bonchev–Trinajstić information content (AvgIpc) is 1.62. The fraction of sp³-hybridized carbons (Fsp3) is 0.500. The van der Waals surface area contributed by atoms with Gasteiger partial charge in [-0.15, -0.1) is 0 Å². The van der Waals surface area contributed by atoms with Gasteiger partial charge >= 0.3 is 13.6 Å². The average molecular weight is 160 g/mol. The Labute approximate surface area is 48.6 Å². The minimum Gasteiger partial charge on any atom is -0.322 e. The Bertz CT molecular complexity index is 162. The first-order chi connectivity index (χ1) is 3.85. The topological polar surface area (TPSA) is 74.6 Å². The molecule has 0 aromatic carbocycles. The van der Waals surface area contributed by atoms with Crippen LogP contribution in [-0.4, -0.2) is 21.7 Å². The molecular formula is C2H3F2O4P. The smallest absolute Gasteiger partial charge is 0.322 e. The highest BCUT2D eigenvalue weighted by Gasteiger charge is 2.35. The summed E-state index contributed by atoms with van der Waals surface area (Å²) in [5, 5.41) is 0. The van der Waals surface area contributed by atoms with Crippen LogP contribution in [0, 0.1) is 0 Å². The Hall–Kier alpha value is -0.320. The van der Waals surface area contributed by atoms with E-state index in [0.717, 1.165) is 0 Å². The summed E-state index contributed by atoms with van der Waals surface area (Å²) in [4.78, 5) is 24.7. The van der Waals surface area contributed by atoms with Crippen molar-refractivity contribution >= 4 is 13.6 Å². The maximum Gasteiger partial charge on any atom is 0.370 e. The SMILES string of the molecule is O=C(F)C(F)P(=O)(O)O. The Kier molecular flexibility index (Phi) is 2.42. The number of alkyl halides is 1. The third kappa shape index (κ3) is 2.64. The van der Waals surface area contributed by atoms with Crippen molar-refractivity contribution in [1.29, 1.82) is 0 Å². The van der Waals surface area contributed by atoms with Gasteiger partial charge in [0.25, 0.3) is 5.91 Å². The summed E-state index contributed by atoms with van der Waals surface area (Å²) < 4.78 is 32.3. The molecule has 0 amide bonds. The van der Waals surface area contributed by atoms with E-state index in [9.17, 15) is 18.1 Å². The summed E-state index contributed by atoms with van der Waals surface area (Å²) in [6.07, 6.45) is 0. The van der Waals surface area contributed by atoms with Gasteiger partial charge in [-0.2, -0.15) is 4.39 Å². The molecule has 0 saturated carbocycles. The maximum atomic E-state index is 11.5. The quantitative estimate of drug-likeness (QED) is 0.438. The van der Waals surface area contributed by atoms with Crippen molar-refractivity contribution in [3.63, 3.8) is 0 Å². The van der Waals surface area contributed by atoms with Crippen molar-refractivity contribution in [2.75, 3.05) is 0 Å². The van der Waals surface area contributed by atoms with Crippen molar-refractivity contribution in [1.82, 2.24) is 0 Å². The van der Waals surface area contributed by atoms with Gasteiger partial charge in [0.2, 0.25) is 0 Å². The predicted molar refractivity (Wildman–Crippen MR) is 23.1 cm³/mol. The number of rotatable bonds is 2. The third-order valence-corrected chi connectivity index (χ3v) is 1.28. The predicted octanol–water partition coefficient (Wildman–Crippen LogP) is -0.0442. The summed E-state index contributed by atoms with van der Waals surface area (Å²) in [7, 11) is -5.20.